The lowest BCUT2D eigenvalue weighted by atomic mass is 10.2. The van der Waals surface area contributed by atoms with Crippen LogP contribution in [0.5, 0.6) is 5.75 Å². The Morgan fingerprint density at radius 2 is 2.40 bits per heavy atom. The summed E-state index contributed by atoms with van der Waals surface area (Å²) < 4.78 is 5.44. The molecule has 0 atom stereocenters. The number of anilines is 2. The number of amidine groups is 1. The molecule has 2 rings (SSSR count). The van der Waals surface area contributed by atoms with Crippen LogP contribution in [0.2, 0.25) is 0 Å². The fraction of sp³-hybridized carbons (Fsp3) is 0.200. The van der Waals surface area contributed by atoms with E-state index in [2.05, 4.69) is 4.99 Å². The highest BCUT2D eigenvalue weighted by Crippen LogP contribution is 2.32. The zero-order chi connectivity index (χ0) is 10.8. The highest BCUT2D eigenvalue weighted by molar-refractivity contribution is 6.02. The van der Waals surface area contributed by atoms with Gasteiger partial charge in [-0.2, -0.15) is 10.3 Å². The highest BCUT2D eigenvalue weighted by Gasteiger charge is 2.20. The van der Waals surface area contributed by atoms with Crippen molar-refractivity contribution < 1.29 is 4.74 Å². The maximum Gasteiger partial charge on any atom is 0.207 e. The van der Waals surface area contributed by atoms with Gasteiger partial charge in [0, 0.05) is 18.8 Å². The van der Waals surface area contributed by atoms with Crippen molar-refractivity contribution in [2.24, 2.45) is 4.99 Å². The molecule has 0 aromatic heterocycles. The van der Waals surface area contributed by atoms with E-state index >= 15 is 0 Å². The van der Waals surface area contributed by atoms with Crippen molar-refractivity contribution in [3.05, 3.63) is 18.2 Å². The molecule has 5 heteroatoms. The van der Waals surface area contributed by atoms with Gasteiger partial charge in [-0.1, -0.05) is 0 Å². The van der Waals surface area contributed by atoms with Crippen LogP contribution in [0.1, 0.15) is 0 Å². The second kappa shape index (κ2) is 3.50. The summed E-state index contributed by atoms with van der Waals surface area (Å²) in [4.78, 5) is 5.50. The highest BCUT2D eigenvalue weighted by atomic mass is 16.5. The summed E-state index contributed by atoms with van der Waals surface area (Å²) in [5.74, 6) is 1.31. The predicted octanol–water partition coefficient (Wildman–Crippen LogP) is 0.977. The molecular weight excluding hydrogens is 192 g/mol. The normalized spacial score (nSPS) is 16.8. The molecule has 1 aliphatic rings. The lowest BCUT2D eigenvalue weighted by Crippen LogP contribution is -2.35. The molecule has 1 aromatic rings. The maximum atomic E-state index is 8.49. The van der Waals surface area contributed by atoms with E-state index in [9.17, 15) is 0 Å². The third-order valence-electron chi connectivity index (χ3n) is 2.27. The maximum absolute atomic E-state index is 8.49. The number of hydrogen-bond acceptors (Lipinski definition) is 4. The van der Waals surface area contributed by atoms with Gasteiger partial charge < -0.3 is 15.4 Å². The fourth-order valence-corrected chi connectivity index (χ4v) is 1.47. The Bertz CT molecular complexity index is 461. The molecule has 0 bridgehead atoms. The van der Waals surface area contributed by atoms with Gasteiger partial charge >= 0.3 is 0 Å². The minimum Gasteiger partial charge on any atom is -0.483 e. The summed E-state index contributed by atoms with van der Waals surface area (Å²) in [6, 6.07) is 5.39. The minimum atomic E-state index is 0.292. The summed E-state index contributed by atoms with van der Waals surface area (Å²) >= 11 is 0. The first-order valence-electron chi connectivity index (χ1n) is 4.44. The smallest absolute Gasteiger partial charge is 0.207 e. The zero-order valence-corrected chi connectivity index (χ0v) is 8.27. The van der Waals surface area contributed by atoms with E-state index in [4.69, 9.17) is 15.7 Å². The topological polar surface area (TPSA) is 74.6 Å². The van der Waals surface area contributed by atoms with Crippen LogP contribution in [-0.4, -0.2) is 19.5 Å². The number of rotatable bonds is 0. The second-order valence-corrected chi connectivity index (χ2v) is 3.20. The largest absolute Gasteiger partial charge is 0.483 e. The van der Waals surface area contributed by atoms with Crippen LogP contribution in [0.4, 0.5) is 11.4 Å². The van der Waals surface area contributed by atoms with Crippen LogP contribution in [0, 0.1) is 11.5 Å². The van der Waals surface area contributed by atoms with Gasteiger partial charge in [0.1, 0.15) is 12.4 Å². The molecule has 1 aromatic carbocycles. The first-order chi connectivity index (χ1) is 7.22. The summed E-state index contributed by atoms with van der Waals surface area (Å²) in [6.45, 7) is 0.292. The summed E-state index contributed by atoms with van der Waals surface area (Å²) in [7, 11) is 1.84. The molecule has 0 unspecified atom stereocenters. The van der Waals surface area contributed by atoms with Crippen molar-refractivity contribution in [3.8, 4) is 11.9 Å². The molecule has 0 amide bonds. The van der Waals surface area contributed by atoms with E-state index in [1.54, 1.807) is 18.3 Å². The third-order valence-corrected chi connectivity index (χ3v) is 2.27. The molecule has 0 saturated heterocycles. The number of nitriles is 1. The first-order valence-corrected chi connectivity index (χ1v) is 4.44. The lowest BCUT2D eigenvalue weighted by molar-refractivity contribution is 0.368. The zero-order valence-electron chi connectivity index (χ0n) is 8.27. The monoisotopic (exact) mass is 202 g/mol. The van der Waals surface area contributed by atoms with E-state index in [0.717, 1.165) is 11.4 Å². The Morgan fingerprint density at radius 3 is 3.13 bits per heavy atom. The minimum absolute atomic E-state index is 0.292. The van der Waals surface area contributed by atoms with Gasteiger partial charge in [0.25, 0.3) is 0 Å². The van der Waals surface area contributed by atoms with E-state index in [1.165, 1.54) is 0 Å². The van der Waals surface area contributed by atoms with Crippen LogP contribution in [0.3, 0.4) is 0 Å². The number of nitrogens with two attached hydrogens (primary N) is 1. The van der Waals surface area contributed by atoms with E-state index in [1.807, 2.05) is 18.0 Å². The molecule has 0 radical (unpaired) electrons. The van der Waals surface area contributed by atoms with Crippen molar-refractivity contribution in [1.29, 1.82) is 5.26 Å². The average molecular weight is 202 g/mol. The molecule has 5 nitrogen and oxygen atoms in total. The lowest BCUT2D eigenvalue weighted by Gasteiger charge is -2.28. The van der Waals surface area contributed by atoms with Crippen molar-refractivity contribution in [1.82, 2.24) is 0 Å². The summed E-state index contributed by atoms with van der Waals surface area (Å²) in [5.41, 5.74) is 7.16. The van der Waals surface area contributed by atoms with Crippen molar-refractivity contribution >= 4 is 17.2 Å². The van der Waals surface area contributed by atoms with Crippen LogP contribution in [0.15, 0.2) is 23.2 Å². The predicted molar refractivity (Wildman–Crippen MR) is 57.8 cm³/mol. The third kappa shape index (κ3) is 1.57. The van der Waals surface area contributed by atoms with Crippen molar-refractivity contribution in [2.75, 3.05) is 24.3 Å². The van der Waals surface area contributed by atoms with Gasteiger partial charge in [-0.3, -0.25) is 0 Å². The number of ether oxygens (including phenoxy) is 1. The summed E-state index contributed by atoms with van der Waals surface area (Å²) in [6.07, 6.45) is 1.75. The van der Waals surface area contributed by atoms with Crippen molar-refractivity contribution in [2.45, 2.75) is 0 Å². The fourth-order valence-electron chi connectivity index (χ4n) is 1.47. The Labute approximate surface area is 87.4 Å². The molecule has 0 aliphatic carbocycles. The van der Waals surface area contributed by atoms with Crippen LogP contribution < -0.4 is 15.4 Å². The number of nitrogen functional groups attached to an aromatic ring is 1. The molecule has 76 valence electrons. The van der Waals surface area contributed by atoms with Gasteiger partial charge in [-0.25, -0.2) is 0 Å². The van der Waals surface area contributed by atoms with Crippen LogP contribution >= 0.6 is 0 Å². The molecular formula is C10H10N4O. The average Bonchev–Trinajstić information content (AvgIpc) is 2.22. The van der Waals surface area contributed by atoms with Gasteiger partial charge in [0.15, 0.2) is 5.84 Å². The number of nitrogens with zero attached hydrogens (tertiary/aromatic N) is 3. The Hall–Kier alpha value is -2.22. The second-order valence-electron chi connectivity index (χ2n) is 3.20. The van der Waals surface area contributed by atoms with Crippen LogP contribution in [-0.2, 0) is 0 Å². The number of fused-ring (bicyclic) bond motifs is 1. The van der Waals surface area contributed by atoms with Gasteiger partial charge in [0.05, 0.1) is 5.69 Å². The van der Waals surface area contributed by atoms with Gasteiger partial charge in [-0.05, 0) is 12.1 Å². The van der Waals surface area contributed by atoms with Gasteiger partial charge in [0.2, 0.25) is 6.19 Å². The number of benzene rings is 1. The Balaban J connectivity index is 2.44. The Kier molecular flexibility index (Phi) is 2.18. The molecule has 1 aliphatic heterocycles. The molecule has 1 heterocycles. The van der Waals surface area contributed by atoms with E-state index in [-0.39, 0.29) is 0 Å². The Morgan fingerprint density at radius 1 is 1.60 bits per heavy atom. The molecule has 0 spiro atoms. The molecule has 0 saturated carbocycles. The molecule has 15 heavy (non-hydrogen) atoms. The number of hydrogen-bond donors (Lipinski definition) is 1. The van der Waals surface area contributed by atoms with Crippen molar-refractivity contribution in [3.63, 3.8) is 0 Å². The summed E-state index contributed by atoms with van der Waals surface area (Å²) in [5, 5.41) is 8.49. The standard InChI is InChI=1S/C10H10N4O/c1-14-8-3-2-7(12)4-9(8)15-5-10(14)13-6-11/h2-4H,5,12H2,1H3. The SMILES string of the molecule is CN1C(=NC#N)COc2cc(N)ccc21. The number of aliphatic imine (C=N–C) groups is 1. The van der Waals surface area contributed by atoms with Crippen LogP contribution in [0.25, 0.3) is 0 Å². The quantitative estimate of drug-likeness (QED) is 0.502. The molecule has 2 N–H and O–H groups in total. The van der Waals surface area contributed by atoms with Gasteiger partial charge in [-0.15, -0.1) is 0 Å². The number of likely N-dealkylation sites (N-methyl/N-ethyl adjacent to an activating group) is 1. The van der Waals surface area contributed by atoms with E-state index in [0.29, 0.717) is 18.1 Å². The molecule has 0 fully saturated rings. The first kappa shape index (κ1) is 9.34. The van der Waals surface area contributed by atoms with E-state index < -0.39 is 0 Å².